The minimum Gasteiger partial charge on any atom is -0.206 e. The highest BCUT2D eigenvalue weighted by atomic mass is 79.9. The molecule has 0 saturated heterocycles. The molecule has 1 heterocycles. The van der Waals surface area contributed by atoms with Gasteiger partial charge in [0.05, 0.1) is 0 Å². The van der Waals surface area contributed by atoms with Crippen molar-refractivity contribution in [2.75, 3.05) is 0 Å². The smallest absolute Gasteiger partial charge is 0.206 e. The van der Waals surface area contributed by atoms with Gasteiger partial charge in [0.15, 0.2) is 0 Å². The van der Waals surface area contributed by atoms with Gasteiger partial charge < -0.3 is 0 Å². The standard InChI is InChI=1S/C13H14BrNO2S2/c1-10-5-6-13(18-10)19(16,17)15-9-12-4-2-3-11(7-12)8-14/h2-7,15H,8-9H2,1H3. The Morgan fingerprint density at radius 3 is 2.58 bits per heavy atom. The molecule has 0 radical (unpaired) electrons. The van der Waals surface area contributed by atoms with E-state index in [0.29, 0.717) is 10.8 Å². The number of hydrogen-bond donors (Lipinski definition) is 1. The lowest BCUT2D eigenvalue weighted by molar-refractivity contribution is 0.583. The van der Waals surface area contributed by atoms with Crippen molar-refractivity contribution in [1.29, 1.82) is 0 Å². The number of hydrogen-bond acceptors (Lipinski definition) is 3. The molecular formula is C13H14BrNO2S2. The molecule has 1 aromatic carbocycles. The molecule has 6 heteroatoms. The van der Waals surface area contributed by atoms with Gasteiger partial charge in [-0.2, -0.15) is 0 Å². The Labute approximate surface area is 125 Å². The van der Waals surface area contributed by atoms with E-state index in [-0.39, 0.29) is 0 Å². The van der Waals surface area contributed by atoms with Crippen molar-refractivity contribution in [1.82, 2.24) is 4.72 Å². The van der Waals surface area contributed by atoms with Crippen molar-refractivity contribution in [2.24, 2.45) is 0 Å². The van der Waals surface area contributed by atoms with Crippen LogP contribution in [0.4, 0.5) is 0 Å². The highest BCUT2D eigenvalue weighted by Gasteiger charge is 2.15. The van der Waals surface area contributed by atoms with E-state index in [1.165, 1.54) is 11.3 Å². The molecule has 0 aliphatic rings. The molecule has 0 atom stereocenters. The maximum absolute atomic E-state index is 12.1. The van der Waals surface area contributed by atoms with Crippen molar-refractivity contribution in [3.8, 4) is 0 Å². The summed E-state index contributed by atoms with van der Waals surface area (Å²) in [6, 6.07) is 11.3. The van der Waals surface area contributed by atoms with Crippen LogP contribution in [0.25, 0.3) is 0 Å². The maximum Gasteiger partial charge on any atom is 0.250 e. The van der Waals surface area contributed by atoms with Crippen molar-refractivity contribution in [3.05, 3.63) is 52.4 Å². The fourth-order valence-electron chi connectivity index (χ4n) is 1.63. The Balaban J connectivity index is 2.09. The fraction of sp³-hybridized carbons (Fsp3) is 0.231. The predicted octanol–water partition coefficient (Wildman–Crippen LogP) is 3.43. The van der Waals surface area contributed by atoms with Crippen LogP contribution in [0, 0.1) is 6.92 Å². The lowest BCUT2D eigenvalue weighted by Gasteiger charge is -2.06. The zero-order valence-electron chi connectivity index (χ0n) is 10.4. The normalized spacial score (nSPS) is 11.7. The van der Waals surface area contributed by atoms with E-state index in [1.54, 1.807) is 6.07 Å². The van der Waals surface area contributed by atoms with Crippen molar-refractivity contribution >= 4 is 37.3 Å². The Hall–Kier alpha value is -0.690. The zero-order chi connectivity index (χ0) is 13.9. The fourth-order valence-corrected chi connectivity index (χ4v) is 4.32. The second kappa shape index (κ2) is 6.17. The van der Waals surface area contributed by atoms with E-state index in [1.807, 2.05) is 37.3 Å². The van der Waals surface area contributed by atoms with Gasteiger partial charge in [0.1, 0.15) is 4.21 Å². The number of thiophene rings is 1. The molecule has 19 heavy (non-hydrogen) atoms. The van der Waals surface area contributed by atoms with E-state index in [4.69, 9.17) is 0 Å². The van der Waals surface area contributed by atoms with Crippen molar-refractivity contribution in [2.45, 2.75) is 23.0 Å². The number of rotatable bonds is 5. The topological polar surface area (TPSA) is 46.2 Å². The van der Waals surface area contributed by atoms with E-state index < -0.39 is 10.0 Å². The molecule has 1 aromatic heterocycles. The summed E-state index contributed by atoms with van der Waals surface area (Å²) in [4.78, 5) is 0.988. The first-order chi connectivity index (χ1) is 9.01. The molecule has 102 valence electrons. The third-order valence-electron chi connectivity index (χ3n) is 2.59. The molecule has 0 unspecified atom stereocenters. The number of benzene rings is 1. The third kappa shape index (κ3) is 3.89. The number of halogens is 1. The summed E-state index contributed by atoms with van der Waals surface area (Å²) in [5, 5.41) is 0.762. The van der Waals surface area contributed by atoms with Gasteiger partial charge in [0.2, 0.25) is 10.0 Å². The van der Waals surface area contributed by atoms with Crippen LogP contribution in [0.15, 0.2) is 40.6 Å². The van der Waals surface area contributed by atoms with Gasteiger partial charge in [-0.15, -0.1) is 11.3 Å². The monoisotopic (exact) mass is 359 g/mol. The lowest BCUT2D eigenvalue weighted by Crippen LogP contribution is -2.22. The SMILES string of the molecule is Cc1ccc(S(=O)(=O)NCc2cccc(CBr)c2)s1. The van der Waals surface area contributed by atoms with Gasteiger partial charge in [0, 0.05) is 16.8 Å². The van der Waals surface area contributed by atoms with Gasteiger partial charge in [-0.1, -0.05) is 40.2 Å². The number of alkyl halides is 1. The number of aryl methyl sites for hydroxylation is 1. The molecule has 0 bridgehead atoms. The van der Waals surface area contributed by atoms with E-state index in [2.05, 4.69) is 20.7 Å². The predicted molar refractivity (Wildman–Crippen MR) is 82.2 cm³/mol. The first-order valence-corrected chi connectivity index (χ1v) is 9.13. The van der Waals surface area contributed by atoms with Gasteiger partial charge in [-0.25, -0.2) is 13.1 Å². The molecule has 0 saturated carbocycles. The van der Waals surface area contributed by atoms with E-state index in [9.17, 15) is 8.42 Å². The Bertz CT molecular complexity index is 665. The second-order valence-corrected chi connectivity index (χ2v) is 7.99. The molecule has 3 nitrogen and oxygen atoms in total. The van der Waals surface area contributed by atoms with Gasteiger partial charge in [-0.05, 0) is 30.2 Å². The molecule has 0 aliphatic carbocycles. The molecule has 0 fully saturated rings. The molecular weight excluding hydrogens is 346 g/mol. The number of sulfonamides is 1. The van der Waals surface area contributed by atoms with Crippen LogP contribution < -0.4 is 4.72 Å². The summed E-state index contributed by atoms with van der Waals surface area (Å²) in [7, 11) is -3.40. The minimum absolute atomic E-state index is 0.306. The average Bonchev–Trinajstić information content (AvgIpc) is 2.84. The molecule has 2 aromatic rings. The van der Waals surface area contributed by atoms with Gasteiger partial charge >= 0.3 is 0 Å². The first kappa shape index (κ1) is 14.7. The Morgan fingerprint density at radius 2 is 1.95 bits per heavy atom. The van der Waals surface area contributed by atoms with Crippen molar-refractivity contribution in [3.63, 3.8) is 0 Å². The minimum atomic E-state index is -3.40. The van der Waals surface area contributed by atoms with E-state index >= 15 is 0 Å². The largest absolute Gasteiger partial charge is 0.250 e. The van der Waals surface area contributed by atoms with Crippen LogP contribution >= 0.6 is 27.3 Å². The maximum atomic E-state index is 12.1. The number of nitrogens with one attached hydrogen (secondary N) is 1. The van der Waals surface area contributed by atoms with Gasteiger partial charge in [-0.3, -0.25) is 0 Å². The quantitative estimate of drug-likeness (QED) is 0.831. The first-order valence-electron chi connectivity index (χ1n) is 5.71. The summed E-state index contributed by atoms with van der Waals surface area (Å²) >= 11 is 4.66. The van der Waals surface area contributed by atoms with Crippen LogP contribution in [0.2, 0.25) is 0 Å². The summed E-state index contributed by atoms with van der Waals surface area (Å²) in [5.41, 5.74) is 2.08. The third-order valence-corrected chi connectivity index (χ3v) is 6.13. The van der Waals surface area contributed by atoms with Crippen LogP contribution in [0.3, 0.4) is 0 Å². The summed E-state index contributed by atoms with van der Waals surface area (Å²) in [5.74, 6) is 0. The highest BCUT2D eigenvalue weighted by Crippen LogP contribution is 2.20. The molecule has 0 amide bonds. The summed E-state index contributed by atoms with van der Waals surface area (Å²) < 4.78 is 27.1. The van der Waals surface area contributed by atoms with Crippen molar-refractivity contribution < 1.29 is 8.42 Å². The Morgan fingerprint density at radius 1 is 1.21 bits per heavy atom. The van der Waals surface area contributed by atoms with Crippen LogP contribution in [-0.2, 0) is 21.9 Å². The summed E-state index contributed by atoms with van der Waals surface area (Å²) in [6.07, 6.45) is 0. The van der Waals surface area contributed by atoms with E-state index in [0.717, 1.165) is 21.3 Å². The van der Waals surface area contributed by atoms with Crippen LogP contribution in [0.1, 0.15) is 16.0 Å². The molecule has 1 N–H and O–H groups in total. The van der Waals surface area contributed by atoms with Gasteiger partial charge in [0.25, 0.3) is 0 Å². The Kier molecular flexibility index (Phi) is 4.78. The summed E-state index contributed by atoms with van der Waals surface area (Å²) in [6.45, 7) is 2.20. The zero-order valence-corrected chi connectivity index (χ0v) is 13.6. The molecule has 0 aliphatic heterocycles. The van der Waals surface area contributed by atoms with Crippen LogP contribution in [0.5, 0.6) is 0 Å². The molecule has 0 spiro atoms. The second-order valence-electron chi connectivity index (χ2n) is 4.14. The average molecular weight is 360 g/mol. The van der Waals surface area contributed by atoms with Crippen LogP contribution in [-0.4, -0.2) is 8.42 Å². The highest BCUT2D eigenvalue weighted by molar-refractivity contribution is 9.08. The lowest BCUT2D eigenvalue weighted by atomic mass is 10.1. The molecule has 2 rings (SSSR count).